The summed E-state index contributed by atoms with van der Waals surface area (Å²) in [4.78, 5) is 11.2. The predicted molar refractivity (Wildman–Crippen MR) is 107 cm³/mol. The minimum Gasteiger partial charge on any atom is -0.493 e. The van der Waals surface area contributed by atoms with Crippen molar-refractivity contribution in [2.24, 2.45) is 0 Å². The molecule has 0 unspecified atom stereocenters. The number of hydroxylamine groups is 1. The van der Waals surface area contributed by atoms with E-state index in [1.165, 1.54) is 23.9 Å². The monoisotopic (exact) mass is 410 g/mol. The summed E-state index contributed by atoms with van der Waals surface area (Å²) in [7, 11) is -3.76. The molecule has 0 spiro atoms. The van der Waals surface area contributed by atoms with Gasteiger partial charge in [-0.05, 0) is 58.7 Å². The summed E-state index contributed by atoms with van der Waals surface area (Å²) < 4.78 is 32.3. The van der Waals surface area contributed by atoms with E-state index >= 15 is 0 Å². The Bertz CT molecular complexity index is 1190. The largest absolute Gasteiger partial charge is 0.493 e. The average molecular weight is 410 g/mol. The summed E-state index contributed by atoms with van der Waals surface area (Å²) in [6, 6.07) is 14.2. The highest BCUT2D eigenvalue weighted by atomic mass is 32.2. The van der Waals surface area contributed by atoms with E-state index in [2.05, 4.69) is 6.07 Å². The van der Waals surface area contributed by atoms with Crippen molar-refractivity contribution in [3.8, 4) is 16.9 Å². The van der Waals surface area contributed by atoms with Gasteiger partial charge < -0.3 is 4.74 Å². The molecule has 2 heterocycles. The summed E-state index contributed by atoms with van der Waals surface area (Å²) in [5.74, 6) is 0.205. The third-order valence-corrected chi connectivity index (χ3v) is 6.33. The van der Waals surface area contributed by atoms with Crippen LogP contribution in [0.4, 0.5) is 0 Å². The number of carbonyl (C=O) groups is 1. The fraction of sp³-hybridized carbons (Fsp3) is 0.0952. The van der Waals surface area contributed by atoms with E-state index in [4.69, 9.17) is 9.94 Å². The Morgan fingerprint density at radius 3 is 2.62 bits per heavy atom. The van der Waals surface area contributed by atoms with Crippen molar-refractivity contribution in [3.05, 3.63) is 78.1 Å². The van der Waals surface area contributed by atoms with Crippen LogP contribution in [0.25, 0.3) is 17.2 Å². The minimum atomic E-state index is -3.76. The number of hydrogen-bond acceptors (Lipinski definition) is 5. The lowest BCUT2D eigenvalue weighted by molar-refractivity contribution is -0.124. The summed E-state index contributed by atoms with van der Waals surface area (Å²) in [5.41, 5.74) is 5.07. The Kier molecular flexibility index (Phi) is 4.96. The number of ether oxygens (including phenoxy) is 1. The van der Waals surface area contributed by atoms with Crippen molar-refractivity contribution in [2.45, 2.75) is 11.3 Å². The summed E-state index contributed by atoms with van der Waals surface area (Å²) >= 11 is 0. The third-order valence-electron chi connectivity index (χ3n) is 4.68. The van der Waals surface area contributed by atoms with Crippen molar-refractivity contribution in [1.29, 1.82) is 0 Å². The van der Waals surface area contributed by atoms with Crippen LogP contribution in [0.3, 0.4) is 0 Å². The van der Waals surface area contributed by atoms with Crippen LogP contribution < -0.4 is 10.2 Å². The zero-order chi connectivity index (χ0) is 20.4. The predicted octanol–water partition coefficient (Wildman–Crippen LogP) is 2.85. The normalized spacial score (nSPS) is 13.3. The molecule has 8 heteroatoms. The first-order chi connectivity index (χ1) is 14.0. The van der Waals surface area contributed by atoms with Crippen LogP contribution >= 0.6 is 0 Å². The first kappa shape index (κ1) is 19.0. The van der Waals surface area contributed by atoms with E-state index in [1.807, 2.05) is 12.1 Å². The van der Waals surface area contributed by atoms with Gasteiger partial charge in [-0.15, -0.1) is 0 Å². The fourth-order valence-corrected chi connectivity index (χ4v) is 4.36. The first-order valence-electron chi connectivity index (χ1n) is 8.89. The molecule has 0 saturated carbocycles. The SMILES string of the molecule is O=C(/C=C/c1ccn(S(=O)(=O)c2ccc(-c3ccc4c(c3)CCO4)cc2)c1)NO. The first-order valence-corrected chi connectivity index (χ1v) is 10.3. The molecule has 0 fully saturated rings. The van der Waals surface area contributed by atoms with Crippen LogP contribution in [0.1, 0.15) is 11.1 Å². The lowest BCUT2D eigenvalue weighted by Gasteiger charge is -2.08. The molecule has 0 radical (unpaired) electrons. The number of hydrogen-bond donors (Lipinski definition) is 2. The van der Waals surface area contributed by atoms with Gasteiger partial charge in [0.2, 0.25) is 0 Å². The van der Waals surface area contributed by atoms with Crippen LogP contribution in [0.15, 0.2) is 71.9 Å². The molecule has 0 atom stereocenters. The van der Waals surface area contributed by atoms with Gasteiger partial charge in [-0.25, -0.2) is 17.9 Å². The molecule has 0 saturated heterocycles. The topological polar surface area (TPSA) is 97.6 Å². The summed E-state index contributed by atoms with van der Waals surface area (Å²) in [5, 5.41) is 8.49. The van der Waals surface area contributed by atoms with Crippen LogP contribution in [0, 0.1) is 0 Å². The second kappa shape index (κ2) is 7.57. The smallest absolute Gasteiger partial charge is 0.267 e. The maximum absolute atomic E-state index is 12.8. The van der Waals surface area contributed by atoms with Gasteiger partial charge >= 0.3 is 0 Å². The number of amides is 1. The molecular weight excluding hydrogens is 392 g/mol. The lowest BCUT2D eigenvalue weighted by Crippen LogP contribution is -2.14. The number of nitrogens with one attached hydrogen (secondary N) is 1. The van der Waals surface area contributed by atoms with E-state index in [-0.39, 0.29) is 4.90 Å². The van der Waals surface area contributed by atoms with E-state index in [0.29, 0.717) is 12.2 Å². The molecule has 7 nitrogen and oxygen atoms in total. The Balaban J connectivity index is 1.57. The van der Waals surface area contributed by atoms with Crippen LogP contribution in [-0.2, 0) is 21.2 Å². The van der Waals surface area contributed by atoms with Crippen LogP contribution in [-0.4, -0.2) is 30.1 Å². The van der Waals surface area contributed by atoms with Gasteiger partial charge in [0, 0.05) is 24.9 Å². The van der Waals surface area contributed by atoms with Gasteiger partial charge in [-0.1, -0.05) is 18.2 Å². The van der Waals surface area contributed by atoms with E-state index in [1.54, 1.807) is 30.3 Å². The van der Waals surface area contributed by atoms with E-state index in [0.717, 1.165) is 38.9 Å². The van der Waals surface area contributed by atoms with Gasteiger partial charge in [-0.3, -0.25) is 10.0 Å². The molecule has 1 aliphatic rings. The molecule has 2 N–H and O–H groups in total. The van der Waals surface area contributed by atoms with Gasteiger partial charge in [0.05, 0.1) is 11.5 Å². The standard InChI is InChI=1S/C21H18N2O5S/c24-21(22-25)8-1-15-9-11-23(14-15)29(26,27)19-5-2-16(3-6-19)17-4-7-20-18(13-17)10-12-28-20/h1-9,11,13-14,25H,10,12H2,(H,22,24)/b8-1+. The zero-order valence-electron chi connectivity index (χ0n) is 15.3. The van der Waals surface area contributed by atoms with Crippen molar-refractivity contribution in [3.63, 3.8) is 0 Å². The molecule has 0 aliphatic carbocycles. The number of carbonyl (C=O) groups excluding carboxylic acids is 1. The van der Waals surface area contributed by atoms with Crippen molar-refractivity contribution in [2.75, 3.05) is 6.61 Å². The molecule has 2 aromatic carbocycles. The molecular formula is C21H18N2O5S. The summed E-state index contributed by atoms with van der Waals surface area (Å²) in [6.45, 7) is 0.689. The minimum absolute atomic E-state index is 0.157. The number of nitrogens with zero attached hydrogens (tertiary/aromatic N) is 1. The van der Waals surface area contributed by atoms with Gasteiger partial charge in [0.25, 0.3) is 15.9 Å². The number of rotatable bonds is 5. The van der Waals surface area contributed by atoms with Crippen molar-refractivity contribution in [1.82, 2.24) is 9.45 Å². The molecule has 29 heavy (non-hydrogen) atoms. The third kappa shape index (κ3) is 3.80. The highest BCUT2D eigenvalue weighted by Crippen LogP contribution is 2.31. The van der Waals surface area contributed by atoms with Crippen LogP contribution in [0.2, 0.25) is 0 Å². The molecule has 3 aromatic rings. The quantitative estimate of drug-likeness (QED) is 0.383. The van der Waals surface area contributed by atoms with E-state index in [9.17, 15) is 13.2 Å². The summed E-state index contributed by atoms with van der Waals surface area (Å²) in [6.07, 6.45) is 6.17. The Labute approximate surface area is 167 Å². The molecule has 0 bridgehead atoms. The maximum atomic E-state index is 12.8. The fourth-order valence-electron chi connectivity index (χ4n) is 3.16. The zero-order valence-corrected chi connectivity index (χ0v) is 16.1. The van der Waals surface area contributed by atoms with Crippen molar-refractivity contribution < 1.29 is 23.2 Å². The highest BCUT2D eigenvalue weighted by Gasteiger charge is 2.17. The van der Waals surface area contributed by atoms with Gasteiger partial charge in [0.1, 0.15) is 5.75 Å². The lowest BCUT2D eigenvalue weighted by atomic mass is 10.0. The van der Waals surface area contributed by atoms with Crippen molar-refractivity contribution >= 4 is 22.0 Å². The van der Waals surface area contributed by atoms with Gasteiger partial charge in [0.15, 0.2) is 0 Å². The second-order valence-electron chi connectivity index (χ2n) is 6.53. The Morgan fingerprint density at radius 2 is 1.86 bits per heavy atom. The average Bonchev–Trinajstić information content (AvgIpc) is 3.41. The molecule has 1 aliphatic heterocycles. The molecule has 1 amide bonds. The Hall–Kier alpha value is -3.36. The number of benzene rings is 2. The number of fused-ring (bicyclic) bond motifs is 1. The van der Waals surface area contributed by atoms with E-state index < -0.39 is 15.9 Å². The Morgan fingerprint density at radius 1 is 1.10 bits per heavy atom. The molecule has 1 aromatic heterocycles. The number of aromatic nitrogens is 1. The van der Waals surface area contributed by atoms with Gasteiger partial charge in [-0.2, -0.15) is 0 Å². The highest BCUT2D eigenvalue weighted by molar-refractivity contribution is 7.90. The molecule has 148 valence electrons. The van der Waals surface area contributed by atoms with Crippen LogP contribution in [0.5, 0.6) is 5.75 Å². The maximum Gasteiger partial charge on any atom is 0.267 e. The molecule has 4 rings (SSSR count). The second-order valence-corrected chi connectivity index (χ2v) is 8.38.